The molecule has 1 saturated heterocycles. The highest BCUT2D eigenvalue weighted by Gasteiger charge is 2.27. The van der Waals surface area contributed by atoms with Crippen molar-refractivity contribution in [2.24, 2.45) is 5.92 Å². The molecule has 222 valence electrons. The smallest absolute Gasteiger partial charge is 0.296 e. The molecule has 1 aliphatic heterocycles. The van der Waals surface area contributed by atoms with Gasteiger partial charge in [-0.25, -0.2) is 13.8 Å². The number of rotatable bonds is 11. The van der Waals surface area contributed by atoms with Gasteiger partial charge in [0.1, 0.15) is 11.6 Å². The number of halogens is 2. The third-order valence-corrected chi connectivity index (χ3v) is 8.11. The lowest BCUT2D eigenvalue weighted by atomic mass is 9.85. The van der Waals surface area contributed by atoms with Crippen molar-refractivity contribution in [3.63, 3.8) is 0 Å². The SMILES string of the molecule is CCCN(C/C(C)=C/O)C1CCC(CNc2nc(N3CCOCC3)cc(-n3c(C(F)F)nc4ccccc43)n2)CC1. The number of imidazole rings is 1. The Labute approximate surface area is 240 Å². The van der Waals surface area contributed by atoms with Gasteiger partial charge in [-0.1, -0.05) is 19.1 Å². The monoisotopic (exact) mass is 569 g/mol. The summed E-state index contributed by atoms with van der Waals surface area (Å²) in [5.74, 6) is 1.63. The lowest BCUT2D eigenvalue weighted by molar-refractivity contribution is 0.122. The molecule has 1 aliphatic carbocycles. The first kappa shape index (κ1) is 29.2. The summed E-state index contributed by atoms with van der Waals surface area (Å²) in [7, 11) is 0. The molecular weight excluding hydrogens is 528 g/mol. The lowest BCUT2D eigenvalue weighted by Gasteiger charge is -2.37. The normalized spacial score (nSPS) is 20.3. The number of anilines is 2. The summed E-state index contributed by atoms with van der Waals surface area (Å²) < 4.78 is 35.2. The number of aromatic nitrogens is 4. The van der Waals surface area contributed by atoms with E-state index in [0.29, 0.717) is 73.4 Å². The molecule has 2 fully saturated rings. The van der Waals surface area contributed by atoms with Crippen molar-refractivity contribution >= 4 is 22.8 Å². The Balaban J connectivity index is 1.35. The molecule has 3 heterocycles. The molecule has 2 N–H and O–H groups in total. The van der Waals surface area contributed by atoms with Crippen LogP contribution >= 0.6 is 0 Å². The molecule has 0 radical (unpaired) electrons. The van der Waals surface area contributed by atoms with Crippen molar-refractivity contribution in [1.29, 1.82) is 0 Å². The topological polar surface area (TPSA) is 91.6 Å². The summed E-state index contributed by atoms with van der Waals surface area (Å²) in [6, 6.07) is 9.42. The zero-order chi connectivity index (χ0) is 28.8. The Morgan fingerprint density at radius 3 is 2.56 bits per heavy atom. The van der Waals surface area contributed by atoms with E-state index >= 15 is 0 Å². The third-order valence-electron chi connectivity index (χ3n) is 8.11. The quantitative estimate of drug-likeness (QED) is 0.283. The standard InChI is InChI=1S/C30H41F2N7O2/c1-3-12-38(19-21(2)20-40)23-10-8-22(9-11-23)18-33-30-35-26(37-13-15-41-16-14-37)17-27(36-30)39-25-7-5-4-6-24(25)34-29(39)28(31)32/h4-7,17,20,22-23,28,40H,3,8-16,18-19H2,1-2H3,(H,33,35,36)/b21-20+. The van der Waals surface area contributed by atoms with Gasteiger partial charge in [0.2, 0.25) is 5.95 Å². The average molecular weight is 570 g/mol. The van der Waals surface area contributed by atoms with Crippen LogP contribution < -0.4 is 10.2 Å². The van der Waals surface area contributed by atoms with E-state index in [1.807, 2.05) is 13.0 Å². The van der Waals surface area contributed by atoms with Crippen LogP contribution in [0, 0.1) is 5.92 Å². The Bertz CT molecular complexity index is 1320. The molecule has 5 rings (SSSR count). The summed E-state index contributed by atoms with van der Waals surface area (Å²) >= 11 is 0. The molecule has 2 aliphatic rings. The Kier molecular flexibility index (Phi) is 9.66. The van der Waals surface area contributed by atoms with Crippen LogP contribution in [0.3, 0.4) is 0 Å². The van der Waals surface area contributed by atoms with Crippen LogP contribution in [0.1, 0.15) is 58.2 Å². The van der Waals surface area contributed by atoms with E-state index in [0.717, 1.165) is 50.8 Å². The number of ether oxygens (including phenoxy) is 1. The molecular formula is C30H41F2N7O2. The first-order valence-corrected chi connectivity index (χ1v) is 14.7. The molecule has 2 aromatic heterocycles. The molecule has 1 saturated carbocycles. The van der Waals surface area contributed by atoms with E-state index in [4.69, 9.17) is 14.7 Å². The van der Waals surface area contributed by atoms with Crippen LogP contribution in [0.2, 0.25) is 0 Å². The minimum Gasteiger partial charge on any atom is -0.516 e. The fourth-order valence-electron chi connectivity index (χ4n) is 5.99. The molecule has 0 atom stereocenters. The summed E-state index contributed by atoms with van der Waals surface area (Å²) in [6.45, 7) is 9.21. The first-order valence-electron chi connectivity index (χ1n) is 14.7. The fourth-order valence-corrected chi connectivity index (χ4v) is 5.99. The van der Waals surface area contributed by atoms with Gasteiger partial charge in [-0.3, -0.25) is 9.47 Å². The van der Waals surface area contributed by atoms with Gasteiger partial charge in [0.25, 0.3) is 6.43 Å². The van der Waals surface area contributed by atoms with Crippen molar-refractivity contribution in [2.75, 3.05) is 56.2 Å². The summed E-state index contributed by atoms with van der Waals surface area (Å²) in [6.07, 6.45) is 3.91. The number of para-hydroxylation sites is 2. The highest BCUT2D eigenvalue weighted by atomic mass is 19.3. The van der Waals surface area contributed by atoms with E-state index in [1.54, 1.807) is 24.3 Å². The fraction of sp³-hybridized carbons (Fsp3) is 0.567. The largest absolute Gasteiger partial charge is 0.516 e. The van der Waals surface area contributed by atoms with Crippen molar-refractivity contribution in [1.82, 2.24) is 24.4 Å². The molecule has 0 spiro atoms. The van der Waals surface area contributed by atoms with Gasteiger partial charge in [-0.15, -0.1) is 0 Å². The number of alkyl halides is 2. The minimum atomic E-state index is -2.75. The second-order valence-electron chi connectivity index (χ2n) is 11.1. The van der Waals surface area contributed by atoms with Gasteiger partial charge in [-0.2, -0.15) is 9.97 Å². The Hall–Kier alpha value is -3.31. The molecule has 41 heavy (non-hydrogen) atoms. The molecule has 0 unspecified atom stereocenters. The van der Waals surface area contributed by atoms with E-state index in [1.165, 1.54) is 10.8 Å². The molecule has 0 bridgehead atoms. The van der Waals surface area contributed by atoms with Gasteiger partial charge >= 0.3 is 0 Å². The van der Waals surface area contributed by atoms with Gasteiger partial charge < -0.3 is 20.1 Å². The van der Waals surface area contributed by atoms with Gasteiger partial charge in [0.15, 0.2) is 5.82 Å². The second-order valence-corrected chi connectivity index (χ2v) is 11.1. The zero-order valence-electron chi connectivity index (χ0n) is 24.0. The second kappa shape index (κ2) is 13.6. The summed E-state index contributed by atoms with van der Waals surface area (Å²) in [5, 5.41) is 12.8. The molecule has 0 amide bonds. The molecule has 11 heteroatoms. The maximum atomic E-state index is 14.1. The van der Waals surface area contributed by atoms with E-state index in [-0.39, 0.29) is 5.82 Å². The number of fused-ring (bicyclic) bond motifs is 1. The number of benzene rings is 1. The highest BCUT2D eigenvalue weighted by molar-refractivity contribution is 5.78. The van der Waals surface area contributed by atoms with E-state index < -0.39 is 6.43 Å². The molecule has 9 nitrogen and oxygen atoms in total. The predicted molar refractivity (Wildman–Crippen MR) is 157 cm³/mol. The highest BCUT2D eigenvalue weighted by Crippen LogP contribution is 2.31. The first-order chi connectivity index (χ1) is 20.0. The summed E-state index contributed by atoms with van der Waals surface area (Å²) in [4.78, 5) is 18.3. The van der Waals surface area contributed by atoms with Crippen LogP contribution in [0.25, 0.3) is 16.9 Å². The van der Waals surface area contributed by atoms with Crippen molar-refractivity contribution in [3.8, 4) is 5.82 Å². The number of hydrogen-bond donors (Lipinski definition) is 2. The van der Waals surface area contributed by atoms with Crippen LogP contribution in [-0.4, -0.2) is 81.5 Å². The minimum absolute atomic E-state index is 0.329. The van der Waals surface area contributed by atoms with Crippen LogP contribution in [-0.2, 0) is 4.74 Å². The van der Waals surface area contributed by atoms with E-state index in [9.17, 15) is 13.9 Å². The number of aliphatic hydroxyl groups excluding tert-OH is 1. The Morgan fingerprint density at radius 2 is 1.85 bits per heavy atom. The van der Waals surface area contributed by atoms with Gasteiger partial charge in [-0.05, 0) is 69.2 Å². The van der Waals surface area contributed by atoms with Crippen LogP contribution in [0.15, 0.2) is 42.2 Å². The number of nitrogens with one attached hydrogen (secondary N) is 1. The molecule has 1 aromatic carbocycles. The van der Waals surface area contributed by atoms with Crippen molar-refractivity contribution < 1.29 is 18.6 Å². The summed E-state index contributed by atoms with van der Waals surface area (Å²) in [5.41, 5.74) is 2.07. The maximum absolute atomic E-state index is 14.1. The maximum Gasteiger partial charge on any atom is 0.296 e. The number of aliphatic hydroxyl groups is 1. The number of hydrogen-bond acceptors (Lipinski definition) is 8. The Morgan fingerprint density at radius 1 is 1.12 bits per heavy atom. The predicted octanol–water partition coefficient (Wildman–Crippen LogP) is 5.73. The van der Waals surface area contributed by atoms with Crippen molar-refractivity contribution in [3.05, 3.63) is 48.0 Å². The lowest BCUT2D eigenvalue weighted by Crippen LogP contribution is -2.40. The number of morpholine rings is 1. The van der Waals surface area contributed by atoms with E-state index in [2.05, 4.69) is 27.0 Å². The van der Waals surface area contributed by atoms with Crippen LogP contribution in [0.5, 0.6) is 0 Å². The zero-order valence-corrected chi connectivity index (χ0v) is 24.0. The van der Waals surface area contributed by atoms with Gasteiger partial charge in [0.05, 0.1) is 30.5 Å². The van der Waals surface area contributed by atoms with Gasteiger partial charge in [0, 0.05) is 38.3 Å². The van der Waals surface area contributed by atoms with Crippen molar-refractivity contribution in [2.45, 2.75) is 58.4 Å². The number of nitrogens with zero attached hydrogens (tertiary/aromatic N) is 6. The third kappa shape index (κ3) is 6.95. The van der Waals surface area contributed by atoms with Crippen LogP contribution in [0.4, 0.5) is 20.5 Å². The average Bonchev–Trinajstić information content (AvgIpc) is 3.40. The molecule has 3 aromatic rings.